The Kier molecular flexibility index (Phi) is 8.10. The molecule has 0 aromatic carbocycles. The normalized spacial score (nSPS) is 13.5. The fourth-order valence-corrected chi connectivity index (χ4v) is 4.26. The van der Waals surface area contributed by atoms with Crippen LogP contribution in [0.5, 0.6) is 0 Å². The Bertz CT molecular complexity index is 365. The van der Waals surface area contributed by atoms with Crippen molar-refractivity contribution in [2.45, 2.75) is 19.9 Å². The van der Waals surface area contributed by atoms with Crippen LogP contribution in [0, 0.1) is 5.92 Å². The second-order valence-corrected chi connectivity index (χ2v) is 8.16. The number of hydrogen-bond acceptors (Lipinski definition) is 4. The van der Waals surface area contributed by atoms with Gasteiger partial charge in [-0.1, -0.05) is 13.8 Å². The molecule has 1 heterocycles. The van der Waals surface area contributed by atoms with Gasteiger partial charge in [0.25, 0.3) is 0 Å². The average Bonchev–Trinajstić information content (AvgIpc) is 2.66. The minimum Gasteiger partial charge on any atom is -0.383 e. The van der Waals surface area contributed by atoms with Crippen LogP contribution in [0.3, 0.4) is 0 Å². The summed E-state index contributed by atoms with van der Waals surface area (Å²) in [6, 6.07) is 2.41. The maximum atomic E-state index is 6.01. The van der Waals surface area contributed by atoms with E-state index in [9.17, 15) is 0 Å². The molecule has 0 spiro atoms. The monoisotopic (exact) mass is 412 g/mol. The molecule has 0 saturated heterocycles. The van der Waals surface area contributed by atoms with Crippen LogP contribution in [-0.4, -0.2) is 38.3 Å². The Hall–Kier alpha value is 0.540. The lowest BCUT2D eigenvalue weighted by atomic mass is 10.1. The largest absolute Gasteiger partial charge is 0.383 e. The van der Waals surface area contributed by atoms with Gasteiger partial charge in [-0.2, -0.15) is 0 Å². The smallest absolute Gasteiger partial charge is 0.0843 e. The van der Waals surface area contributed by atoms with E-state index in [0.717, 1.165) is 28.0 Å². The first kappa shape index (κ1) is 17.6. The van der Waals surface area contributed by atoms with Crippen LogP contribution in [0.25, 0.3) is 0 Å². The Balaban J connectivity index is 2.87. The van der Waals surface area contributed by atoms with Crippen molar-refractivity contribution in [3.05, 3.63) is 19.2 Å². The quantitative estimate of drug-likeness (QED) is 0.702. The van der Waals surface area contributed by atoms with Crippen LogP contribution < -0.4 is 5.73 Å². The zero-order chi connectivity index (χ0) is 14.4. The number of nitrogens with zero attached hydrogens (tertiary/aromatic N) is 1. The molecule has 2 N–H and O–H groups in total. The predicted octanol–water partition coefficient (Wildman–Crippen LogP) is 3.88. The van der Waals surface area contributed by atoms with Crippen LogP contribution in [0.1, 0.15) is 24.8 Å². The summed E-state index contributed by atoms with van der Waals surface area (Å²) in [6.07, 6.45) is 0. The highest BCUT2D eigenvalue weighted by atomic mass is 79.9. The molecule has 1 atom stereocenters. The molecule has 3 nitrogen and oxygen atoms in total. The van der Waals surface area contributed by atoms with Gasteiger partial charge >= 0.3 is 0 Å². The summed E-state index contributed by atoms with van der Waals surface area (Å²) in [5.74, 6) is 0.609. The van der Waals surface area contributed by atoms with Gasteiger partial charge in [0.15, 0.2) is 0 Å². The third-order valence-electron chi connectivity index (χ3n) is 2.84. The number of halogens is 2. The Morgan fingerprint density at radius 2 is 2.11 bits per heavy atom. The SMILES string of the molecule is COCCN(CC(C)C)C(CN)c1cc(Br)c(Br)s1. The van der Waals surface area contributed by atoms with Crippen LogP contribution in [0.4, 0.5) is 0 Å². The van der Waals surface area contributed by atoms with Gasteiger partial charge in [0.05, 0.1) is 16.4 Å². The molecule has 19 heavy (non-hydrogen) atoms. The molecule has 0 fully saturated rings. The van der Waals surface area contributed by atoms with Gasteiger partial charge in [0.2, 0.25) is 0 Å². The van der Waals surface area contributed by atoms with Gasteiger partial charge in [0, 0.05) is 36.1 Å². The first-order valence-corrected chi connectivity index (χ1v) is 8.77. The number of rotatable bonds is 8. The van der Waals surface area contributed by atoms with E-state index < -0.39 is 0 Å². The molecule has 1 unspecified atom stereocenters. The number of thiophene rings is 1. The van der Waals surface area contributed by atoms with E-state index in [1.54, 1.807) is 18.4 Å². The summed E-state index contributed by atoms with van der Waals surface area (Å²) < 4.78 is 7.44. The summed E-state index contributed by atoms with van der Waals surface area (Å²) >= 11 is 8.84. The minimum absolute atomic E-state index is 0.255. The van der Waals surface area contributed by atoms with Crippen molar-refractivity contribution in [2.75, 3.05) is 33.4 Å². The van der Waals surface area contributed by atoms with Gasteiger partial charge in [-0.25, -0.2) is 0 Å². The lowest BCUT2D eigenvalue weighted by Gasteiger charge is -2.31. The lowest BCUT2D eigenvalue weighted by Crippen LogP contribution is -2.38. The second-order valence-electron chi connectivity index (χ2n) is 4.90. The third kappa shape index (κ3) is 5.44. The van der Waals surface area contributed by atoms with Crippen molar-refractivity contribution < 1.29 is 4.74 Å². The van der Waals surface area contributed by atoms with E-state index in [-0.39, 0.29) is 6.04 Å². The molecule has 0 radical (unpaired) electrons. The van der Waals surface area contributed by atoms with Crippen LogP contribution in [0.2, 0.25) is 0 Å². The van der Waals surface area contributed by atoms with Crippen molar-refractivity contribution >= 4 is 43.2 Å². The zero-order valence-corrected chi connectivity index (χ0v) is 15.6. The van der Waals surface area contributed by atoms with Crippen LogP contribution in [-0.2, 0) is 4.74 Å². The van der Waals surface area contributed by atoms with E-state index in [1.165, 1.54) is 4.88 Å². The van der Waals surface area contributed by atoms with Gasteiger partial charge in [-0.3, -0.25) is 4.90 Å². The summed E-state index contributed by atoms with van der Waals surface area (Å²) in [5, 5.41) is 0. The van der Waals surface area contributed by atoms with E-state index in [2.05, 4.69) is 56.7 Å². The fourth-order valence-electron chi connectivity index (χ4n) is 2.02. The molecule has 0 aliphatic heterocycles. The summed E-state index contributed by atoms with van der Waals surface area (Å²) in [5.41, 5.74) is 6.01. The molecular formula is C13H22Br2N2OS. The third-order valence-corrected chi connectivity index (χ3v) is 6.20. The number of methoxy groups -OCH3 is 1. The van der Waals surface area contributed by atoms with Crippen molar-refractivity contribution in [1.29, 1.82) is 0 Å². The highest BCUT2D eigenvalue weighted by Crippen LogP contribution is 2.37. The number of hydrogen-bond donors (Lipinski definition) is 1. The standard InChI is InChI=1S/C13H22Br2N2OS/c1-9(2)8-17(4-5-18-3)11(7-16)12-6-10(14)13(15)19-12/h6,9,11H,4-5,7-8,16H2,1-3H3. The molecule has 110 valence electrons. The van der Waals surface area contributed by atoms with Gasteiger partial charge in [-0.15, -0.1) is 11.3 Å². The number of nitrogens with two attached hydrogens (primary N) is 1. The van der Waals surface area contributed by atoms with Crippen LogP contribution in [0.15, 0.2) is 14.3 Å². The lowest BCUT2D eigenvalue weighted by molar-refractivity contribution is 0.113. The first-order chi connectivity index (χ1) is 8.99. The predicted molar refractivity (Wildman–Crippen MR) is 89.8 cm³/mol. The summed E-state index contributed by atoms with van der Waals surface area (Å²) in [6.45, 7) is 7.75. The van der Waals surface area contributed by atoms with E-state index in [1.807, 2.05) is 0 Å². The van der Waals surface area contributed by atoms with Crippen molar-refractivity contribution in [3.8, 4) is 0 Å². The molecular weight excluding hydrogens is 392 g/mol. The highest BCUT2D eigenvalue weighted by Gasteiger charge is 2.22. The first-order valence-electron chi connectivity index (χ1n) is 6.37. The average molecular weight is 414 g/mol. The number of ether oxygens (including phenoxy) is 1. The van der Waals surface area contributed by atoms with E-state index in [0.29, 0.717) is 12.5 Å². The summed E-state index contributed by atoms with van der Waals surface area (Å²) in [4.78, 5) is 3.71. The molecule has 1 rings (SSSR count). The van der Waals surface area contributed by atoms with E-state index >= 15 is 0 Å². The fraction of sp³-hybridized carbons (Fsp3) is 0.692. The molecule has 6 heteroatoms. The maximum absolute atomic E-state index is 6.01. The second kappa shape index (κ2) is 8.74. The van der Waals surface area contributed by atoms with E-state index in [4.69, 9.17) is 10.5 Å². The molecule has 0 aliphatic carbocycles. The Labute approximate surface area is 136 Å². The van der Waals surface area contributed by atoms with Gasteiger partial charge in [0.1, 0.15) is 0 Å². The van der Waals surface area contributed by atoms with Crippen LogP contribution >= 0.6 is 43.2 Å². The maximum Gasteiger partial charge on any atom is 0.0843 e. The topological polar surface area (TPSA) is 38.5 Å². The molecule has 0 amide bonds. The minimum atomic E-state index is 0.255. The molecule has 0 saturated carbocycles. The van der Waals surface area contributed by atoms with Gasteiger partial charge in [-0.05, 0) is 43.8 Å². The van der Waals surface area contributed by atoms with Crippen molar-refractivity contribution in [1.82, 2.24) is 4.90 Å². The molecule has 1 aromatic rings. The highest BCUT2D eigenvalue weighted by molar-refractivity contribution is 9.13. The molecule has 0 aliphatic rings. The summed E-state index contributed by atoms with van der Waals surface area (Å²) in [7, 11) is 1.74. The Morgan fingerprint density at radius 1 is 1.42 bits per heavy atom. The van der Waals surface area contributed by atoms with Crippen molar-refractivity contribution in [3.63, 3.8) is 0 Å². The molecule has 0 bridgehead atoms. The zero-order valence-electron chi connectivity index (χ0n) is 11.7. The van der Waals surface area contributed by atoms with Crippen molar-refractivity contribution in [2.24, 2.45) is 11.7 Å². The Morgan fingerprint density at radius 3 is 2.53 bits per heavy atom. The van der Waals surface area contributed by atoms with Gasteiger partial charge < -0.3 is 10.5 Å². The molecule has 1 aromatic heterocycles.